The van der Waals surface area contributed by atoms with E-state index in [-0.39, 0.29) is 0 Å². The lowest BCUT2D eigenvalue weighted by atomic mass is 10.4. The maximum absolute atomic E-state index is 3.41. The molecule has 2 atom stereocenters. The van der Waals surface area contributed by atoms with Crippen LogP contribution in [0.3, 0.4) is 0 Å². The summed E-state index contributed by atoms with van der Waals surface area (Å²) in [6.07, 6.45) is 0. The van der Waals surface area contributed by atoms with Crippen molar-refractivity contribution in [3.8, 4) is 0 Å². The maximum Gasteiger partial charge on any atom is 0.139 e. The van der Waals surface area contributed by atoms with E-state index in [9.17, 15) is 0 Å². The number of hydrogen-bond acceptors (Lipinski definition) is 1. The van der Waals surface area contributed by atoms with Crippen LogP contribution in [0.4, 0.5) is 0 Å². The molecule has 2 rings (SSSR count). The van der Waals surface area contributed by atoms with E-state index in [4.69, 9.17) is 0 Å². The summed E-state index contributed by atoms with van der Waals surface area (Å²) in [5, 5.41) is 3.41. The summed E-state index contributed by atoms with van der Waals surface area (Å²) >= 11 is 0. The fourth-order valence-electron chi connectivity index (χ4n) is 2.46. The molecule has 2 aliphatic heterocycles. The lowest BCUT2D eigenvalue weighted by molar-refractivity contribution is -0.826. The Balaban J connectivity index is 2.03. The molecule has 0 aromatic heterocycles. The Kier molecular flexibility index (Phi) is 1.29. The van der Waals surface area contributed by atoms with E-state index in [1.807, 2.05) is 0 Å². The molecule has 0 amide bonds. The van der Waals surface area contributed by atoms with Gasteiger partial charge in [-0.05, 0) is 13.8 Å². The van der Waals surface area contributed by atoms with Gasteiger partial charge in [0.05, 0.1) is 13.1 Å². The van der Waals surface area contributed by atoms with Gasteiger partial charge in [-0.25, -0.2) is 0 Å². The van der Waals surface area contributed by atoms with Crippen molar-refractivity contribution in [1.82, 2.24) is 5.32 Å². The summed E-state index contributed by atoms with van der Waals surface area (Å²) in [5.41, 5.74) is 0. The largest absolute Gasteiger partial charge is 0.307 e. The van der Waals surface area contributed by atoms with Crippen LogP contribution in [0.5, 0.6) is 0 Å². The second-order valence-electron chi connectivity index (χ2n) is 3.78. The van der Waals surface area contributed by atoms with Crippen LogP contribution in [0.25, 0.3) is 0 Å². The van der Waals surface area contributed by atoms with Crippen LogP contribution in [0.1, 0.15) is 13.8 Å². The zero-order chi connectivity index (χ0) is 7.19. The van der Waals surface area contributed by atoms with Gasteiger partial charge in [-0.3, -0.25) is 0 Å². The first-order valence-electron chi connectivity index (χ1n) is 4.34. The van der Waals surface area contributed by atoms with Crippen molar-refractivity contribution >= 4 is 0 Å². The highest BCUT2D eigenvalue weighted by Crippen LogP contribution is 2.39. The molecule has 2 saturated heterocycles. The van der Waals surface area contributed by atoms with Crippen molar-refractivity contribution in [3.63, 3.8) is 0 Å². The average molecular weight is 141 g/mol. The lowest BCUT2D eigenvalue weighted by Gasteiger charge is -2.26. The number of nitrogens with zero attached hydrogens (tertiary/aromatic N) is 1. The predicted molar refractivity (Wildman–Crippen MR) is 41.8 cm³/mol. The van der Waals surface area contributed by atoms with E-state index in [0.717, 1.165) is 12.1 Å². The second kappa shape index (κ2) is 1.95. The number of hydrogen-bond donors (Lipinski definition) is 1. The Labute approximate surface area is 62.8 Å². The highest BCUT2D eigenvalue weighted by molar-refractivity contribution is 4.83. The zero-order valence-corrected chi connectivity index (χ0v) is 6.93. The number of nitrogens with one attached hydrogen (secondary N) is 1. The summed E-state index contributed by atoms with van der Waals surface area (Å²) in [6, 6.07) is 1.89. The second-order valence-corrected chi connectivity index (χ2v) is 3.78. The standard InChI is InChI=1S/C8H17N2/c1-7-8(2)10(7)5-3-9-4-6-10/h7-9H,3-6H2,1-2H3/q+1. The SMILES string of the molecule is CC1C(C)[N+]12CCNCC2. The smallest absolute Gasteiger partial charge is 0.139 e. The van der Waals surface area contributed by atoms with Crippen molar-refractivity contribution in [2.24, 2.45) is 0 Å². The third-order valence-corrected chi connectivity index (χ3v) is 3.64. The average Bonchev–Trinajstić information content (AvgIpc) is 2.45. The van der Waals surface area contributed by atoms with Gasteiger partial charge < -0.3 is 9.80 Å². The quantitative estimate of drug-likeness (QED) is 0.375. The zero-order valence-electron chi connectivity index (χ0n) is 6.93. The molecule has 2 nitrogen and oxygen atoms in total. The first kappa shape index (κ1) is 6.62. The molecule has 10 heavy (non-hydrogen) atoms. The summed E-state index contributed by atoms with van der Waals surface area (Å²) < 4.78 is 1.41. The third kappa shape index (κ3) is 0.663. The molecule has 0 aromatic rings. The summed E-state index contributed by atoms with van der Waals surface area (Å²) in [5.74, 6) is 0. The molecular weight excluding hydrogens is 124 g/mol. The Morgan fingerprint density at radius 3 is 1.90 bits per heavy atom. The van der Waals surface area contributed by atoms with E-state index in [2.05, 4.69) is 19.2 Å². The van der Waals surface area contributed by atoms with E-state index in [0.29, 0.717) is 0 Å². The highest BCUT2D eigenvalue weighted by Gasteiger charge is 2.59. The summed E-state index contributed by atoms with van der Waals surface area (Å²) in [7, 11) is 0. The van der Waals surface area contributed by atoms with Gasteiger partial charge in [-0.1, -0.05) is 0 Å². The molecular formula is C8H17N2+. The van der Waals surface area contributed by atoms with Crippen molar-refractivity contribution in [3.05, 3.63) is 0 Å². The molecule has 2 aliphatic rings. The molecule has 0 bridgehead atoms. The van der Waals surface area contributed by atoms with Gasteiger partial charge in [0.25, 0.3) is 0 Å². The monoisotopic (exact) mass is 141 g/mol. The van der Waals surface area contributed by atoms with Crippen molar-refractivity contribution < 1.29 is 4.48 Å². The molecule has 58 valence electrons. The summed E-state index contributed by atoms with van der Waals surface area (Å²) in [4.78, 5) is 0. The van der Waals surface area contributed by atoms with Crippen LogP contribution >= 0.6 is 0 Å². The molecule has 2 heteroatoms. The minimum absolute atomic E-state index is 0.946. The topological polar surface area (TPSA) is 12.0 Å². The Morgan fingerprint density at radius 2 is 1.60 bits per heavy atom. The van der Waals surface area contributed by atoms with Gasteiger partial charge >= 0.3 is 0 Å². The third-order valence-electron chi connectivity index (χ3n) is 3.64. The Hall–Kier alpha value is -0.0800. The fraction of sp³-hybridized carbons (Fsp3) is 1.00. The highest BCUT2D eigenvalue weighted by atomic mass is 15.5. The van der Waals surface area contributed by atoms with Crippen LogP contribution in [0, 0.1) is 0 Å². The summed E-state index contributed by atoms with van der Waals surface area (Å²) in [6.45, 7) is 9.96. The Bertz CT molecular complexity index is 128. The van der Waals surface area contributed by atoms with Gasteiger partial charge in [-0.15, -0.1) is 0 Å². The van der Waals surface area contributed by atoms with Crippen LogP contribution in [0.2, 0.25) is 0 Å². The molecule has 1 spiro atoms. The minimum atomic E-state index is 0.946. The maximum atomic E-state index is 3.41. The van der Waals surface area contributed by atoms with E-state index in [1.54, 1.807) is 0 Å². The molecule has 2 unspecified atom stereocenters. The lowest BCUT2D eigenvalue weighted by Crippen LogP contribution is -2.47. The van der Waals surface area contributed by atoms with Gasteiger partial charge in [0.15, 0.2) is 0 Å². The number of quaternary nitrogens is 1. The normalized spacial score (nSPS) is 43.8. The van der Waals surface area contributed by atoms with Gasteiger partial charge in [0, 0.05) is 13.1 Å². The molecule has 0 radical (unpaired) electrons. The van der Waals surface area contributed by atoms with Gasteiger partial charge in [0.1, 0.15) is 12.1 Å². The van der Waals surface area contributed by atoms with Crippen LogP contribution < -0.4 is 5.32 Å². The van der Waals surface area contributed by atoms with Crippen LogP contribution in [0.15, 0.2) is 0 Å². The van der Waals surface area contributed by atoms with Crippen LogP contribution in [-0.4, -0.2) is 42.7 Å². The first-order valence-corrected chi connectivity index (χ1v) is 4.34. The van der Waals surface area contributed by atoms with E-state index < -0.39 is 0 Å². The molecule has 0 aliphatic carbocycles. The number of rotatable bonds is 0. The molecule has 2 heterocycles. The van der Waals surface area contributed by atoms with Gasteiger partial charge in [0.2, 0.25) is 0 Å². The Morgan fingerprint density at radius 1 is 1.10 bits per heavy atom. The van der Waals surface area contributed by atoms with Crippen LogP contribution in [-0.2, 0) is 0 Å². The first-order chi connectivity index (χ1) is 4.77. The van der Waals surface area contributed by atoms with Gasteiger partial charge in [-0.2, -0.15) is 0 Å². The van der Waals surface area contributed by atoms with E-state index >= 15 is 0 Å². The van der Waals surface area contributed by atoms with Crippen molar-refractivity contribution in [2.75, 3.05) is 26.2 Å². The number of piperazine rings is 1. The molecule has 0 saturated carbocycles. The molecule has 1 N–H and O–H groups in total. The van der Waals surface area contributed by atoms with Crippen molar-refractivity contribution in [1.29, 1.82) is 0 Å². The predicted octanol–water partition coefficient (Wildman–Crippen LogP) is 0.197. The minimum Gasteiger partial charge on any atom is -0.307 e. The fourth-order valence-corrected chi connectivity index (χ4v) is 2.46. The molecule has 0 aromatic carbocycles. The van der Waals surface area contributed by atoms with E-state index in [1.165, 1.54) is 30.7 Å². The molecule has 2 fully saturated rings. The van der Waals surface area contributed by atoms with Crippen molar-refractivity contribution in [2.45, 2.75) is 25.9 Å².